The maximum atomic E-state index is 15.1. The number of alkyl halides is 5. The van der Waals surface area contributed by atoms with Crippen LogP contribution in [0.2, 0.25) is 25.3 Å². The lowest BCUT2D eigenvalue weighted by Gasteiger charge is -2.48. The fourth-order valence-corrected chi connectivity index (χ4v) is 18.0. The molecule has 0 fully saturated rings. The molecular formula is C69H130BF8P. The Morgan fingerprint density at radius 3 is 0.987 bits per heavy atom. The zero-order valence-corrected chi connectivity index (χ0v) is 55.7. The summed E-state index contributed by atoms with van der Waals surface area (Å²) < 4.78 is 110. The van der Waals surface area contributed by atoms with E-state index in [0.717, 1.165) is 98.7 Å². The van der Waals surface area contributed by atoms with Crippen LogP contribution in [0.3, 0.4) is 0 Å². The fourth-order valence-electron chi connectivity index (χ4n) is 14.8. The average molecular weight is 1150 g/mol. The van der Waals surface area contributed by atoms with Crippen LogP contribution >= 0.6 is 7.92 Å². The molecule has 11 unspecified atom stereocenters. The molecule has 1 aromatic rings. The Labute approximate surface area is 487 Å². The molecule has 0 radical (unpaired) electrons. The third kappa shape index (κ3) is 31.2. The summed E-state index contributed by atoms with van der Waals surface area (Å²) in [7, 11) is -2.05. The van der Waals surface area contributed by atoms with Gasteiger partial charge in [-0.3, -0.25) is 0 Å². The average Bonchev–Trinajstić information content (AvgIpc) is 3.39. The van der Waals surface area contributed by atoms with Gasteiger partial charge in [0.05, 0.1) is 12.3 Å². The lowest BCUT2D eigenvalue weighted by Crippen LogP contribution is -2.41. The molecule has 0 aliphatic rings. The van der Waals surface area contributed by atoms with E-state index in [9.17, 15) is 30.7 Å². The smallest absolute Gasteiger partial charge is 0.204 e. The third-order valence-electron chi connectivity index (χ3n) is 19.5. The van der Waals surface area contributed by atoms with Gasteiger partial charge in [0.25, 0.3) is 0 Å². The number of hydrogen-bond donors (Lipinski definition) is 0. The molecule has 470 valence electrons. The first kappa shape index (κ1) is 78.2. The third-order valence-corrected chi connectivity index (χ3v) is 22.7. The molecule has 1 rings (SSSR count). The van der Waals surface area contributed by atoms with Crippen LogP contribution in [0, 0.1) is 76.6 Å². The van der Waals surface area contributed by atoms with Crippen molar-refractivity contribution in [3.8, 4) is 0 Å². The summed E-state index contributed by atoms with van der Waals surface area (Å²) in [5.41, 5.74) is -2.52. The number of benzene rings is 1. The van der Waals surface area contributed by atoms with Crippen molar-refractivity contribution < 1.29 is 35.1 Å². The zero-order valence-electron chi connectivity index (χ0n) is 54.7. The molecule has 1 aromatic carbocycles. The van der Waals surface area contributed by atoms with E-state index in [1.165, 1.54) is 128 Å². The molecule has 79 heavy (non-hydrogen) atoms. The summed E-state index contributed by atoms with van der Waals surface area (Å²) in [6.07, 6.45) is 37.0. The Morgan fingerprint density at radius 2 is 0.709 bits per heavy atom. The topological polar surface area (TPSA) is 0 Å². The molecule has 0 aromatic heterocycles. The summed E-state index contributed by atoms with van der Waals surface area (Å²) in [6, 6.07) is 0.507. The number of halogens is 8. The van der Waals surface area contributed by atoms with E-state index in [1.54, 1.807) is 25.3 Å². The normalized spacial score (nSPS) is 17.4. The molecule has 0 saturated carbocycles. The quantitative estimate of drug-likeness (QED) is 0.0201. The van der Waals surface area contributed by atoms with Crippen molar-refractivity contribution in [1.29, 1.82) is 0 Å². The minimum atomic E-state index is -6.24. The van der Waals surface area contributed by atoms with Gasteiger partial charge in [-0.25, -0.2) is 13.2 Å². The van der Waals surface area contributed by atoms with Crippen molar-refractivity contribution >= 4 is 19.4 Å². The van der Waals surface area contributed by atoms with Crippen molar-refractivity contribution in [2.24, 2.45) is 59.2 Å². The fraction of sp³-hybridized carbons (Fsp3) is 0.913. The van der Waals surface area contributed by atoms with Gasteiger partial charge in [-0.05, 0) is 54.8 Å². The Hall–Kier alpha value is -0.845. The lowest BCUT2D eigenvalue weighted by atomic mass is 9.14. The first-order valence-corrected chi connectivity index (χ1v) is 36.0. The number of unbranched alkanes of at least 4 members (excludes halogenated alkanes) is 3. The van der Waals surface area contributed by atoms with Gasteiger partial charge in [-0.1, -0.05) is 301 Å². The molecule has 11 atom stereocenters. The minimum absolute atomic E-state index is 0.0602. The molecule has 0 spiro atoms. The van der Waals surface area contributed by atoms with E-state index in [0.29, 0.717) is 30.7 Å². The van der Waals surface area contributed by atoms with Gasteiger partial charge in [0.2, 0.25) is 0 Å². The molecule has 0 amide bonds. The van der Waals surface area contributed by atoms with E-state index in [1.807, 2.05) is 13.8 Å². The van der Waals surface area contributed by atoms with Crippen molar-refractivity contribution in [1.82, 2.24) is 0 Å². The predicted octanol–water partition coefficient (Wildman–Crippen LogP) is 25.8. The SMILES string of the molecule is CCCC(CC)CCC(C)C[B-](CC(C)CCC(CC)CCC)(CC(C)CCC(CC)CCC)CC(C)CCC(CC)CCC.CCCCCC[PH+](CC(C)CCC(CC)CCC)c1cc(F)c(F)c(C(F)(F)C(F)(F)F)c1F. The predicted molar refractivity (Wildman–Crippen MR) is 339 cm³/mol. The summed E-state index contributed by atoms with van der Waals surface area (Å²) in [5, 5.41) is -0.494. The lowest BCUT2D eigenvalue weighted by molar-refractivity contribution is -0.291. The molecule has 0 heterocycles. The van der Waals surface area contributed by atoms with Crippen LogP contribution in [-0.2, 0) is 5.92 Å². The summed E-state index contributed by atoms with van der Waals surface area (Å²) in [4.78, 5) is 0. The Bertz CT molecular complexity index is 1510. The second kappa shape index (κ2) is 43.7. The van der Waals surface area contributed by atoms with Crippen LogP contribution in [0.4, 0.5) is 35.1 Å². The first-order valence-electron chi connectivity index (χ1n) is 34.1. The van der Waals surface area contributed by atoms with Crippen molar-refractivity contribution in [2.45, 2.75) is 334 Å². The maximum absolute atomic E-state index is 15.1. The van der Waals surface area contributed by atoms with Crippen molar-refractivity contribution in [3.63, 3.8) is 0 Å². The molecule has 0 bridgehead atoms. The van der Waals surface area contributed by atoms with E-state index in [2.05, 4.69) is 96.9 Å². The highest BCUT2D eigenvalue weighted by molar-refractivity contribution is 7.65. The van der Waals surface area contributed by atoms with Gasteiger partial charge >= 0.3 is 12.1 Å². The van der Waals surface area contributed by atoms with E-state index >= 15 is 4.39 Å². The summed E-state index contributed by atoms with van der Waals surface area (Å²) in [6.45, 7) is 38.2. The van der Waals surface area contributed by atoms with Crippen LogP contribution in [0.1, 0.15) is 303 Å². The zero-order chi connectivity index (χ0) is 60.2. The molecule has 0 aliphatic carbocycles. The molecular weight excluding hydrogens is 1020 g/mol. The first-order chi connectivity index (χ1) is 37.4. The van der Waals surface area contributed by atoms with E-state index < -0.39 is 48.3 Å². The number of rotatable bonds is 47. The Kier molecular flexibility index (Phi) is 43.3. The molecule has 0 N–H and O–H groups in total. The monoisotopic (exact) mass is 1150 g/mol. The van der Waals surface area contributed by atoms with Crippen LogP contribution in [0.25, 0.3) is 0 Å². The number of hydrogen-bond acceptors (Lipinski definition) is 0. The van der Waals surface area contributed by atoms with Gasteiger partial charge in [-0.2, -0.15) is 47.2 Å². The van der Waals surface area contributed by atoms with Crippen LogP contribution in [0.15, 0.2) is 6.07 Å². The minimum Gasteiger partial charge on any atom is -0.204 e. The van der Waals surface area contributed by atoms with Crippen molar-refractivity contribution in [3.05, 3.63) is 29.1 Å². The molecule has 0 saturated heterocycles. The largest absolute Gasteiger partial charge is 0.458 e. The summed E-state index contributed by atoms with van der Waals surface area (Å²) >= 11 is 0. The second-order valence-electron chi connectivity index (χ2n) is 27.0. The molecule has 0 nitrogen and oxygen atoms in total. The maximum Gasteiger partial charge on any atom is 0.458 e. The van der Waals surface area contributed by atoms with Gasteiger partial charge < -0.3 is 0 Å². The van der Waals surface area contributed by atoms with Crippen LogP contribution in [-0.4, -0.2) is 24.6 Å². The Morgan fingerprint density at radius 1 is 0.392 bits per heavy atom. The van der Waals surface area contributed by atoms with Crippen LogP contribution in [0.5, 0.6) is 0 Å². The van der Waals surface area contributed by atoms with Crippen LogP contribution < -0.4 is 5.30 Å². The second-order valence-corrected chi connectivity index (χ2v) is 29.7. The standard InChI is InChI=1S/C44H92B.C25H37F8P/c1-13-21-41(17-5)29-25-37(9)33-45(34-38(10)26-30-42(18-6)22-14-2,35-39(11)27-31-43(19-7)23-15-3)36-40(12)28-32-44(20-8)24-16-4;1-5-8-9-10-14-34(16-17(4)12-13-18(7-3)11-6-2)20-15-19(26)22(27)21(23(20)28)24(29,30)25(31,32)33/h37-44H,13-36H2,1-12H3;15,17-18H,5-14,16H2,1-4H3/q-1;/p+1. The van der Waals surface area contributed by atoms with Gasteiger partial charge in [-0.15, -0.1) is 0 Å². The highest BCUT2D eigenvalue weighted by Gasteiger charge is 2.62. The van der Waals surface area contributed by atoms with E-state index in [4.69, 9.17) is 0 Å². The molecule has 0 aliphatic heterocycles. The highest BCUT2D eigenvalue weighted by Crippen LogP contribution is 2.49. The van der Waals surface area contributed by atoms with Gasteiger partial charge in [0.15, 0.2) is 17.5 Å². The van der Waals surface area contributed by atoms with Gasteiger partial charge in [0, 0.05) is 20.1 Å². The van der Waals surface area contributed by atoms with E-state index in [-0.39, 0.29) is 12.1 Å². The highest BCUT2D eigenvalue weighted by atomic mass is 31.1. The summed E-state index contributed by atoms with van der Waals surface area (Å²) in [5.74, 6) is -4.17. The Balaban J connectivity index is 0.00000160. The molecule has 10 heteroatoms. The van der Waals surface area contributed by atoms with Gasteiger partial charge in [0.1, 0.15) is 10.9 Å². The van der Waals surface area contributed by atoms with Crippen molar-refractivity contribution in [2.75, 3.05) is 12.3 Å².